The van der Waals surface area contributed by atoms with E-state index in [4.69, 9.17) is 28.7 Å². The van der Waals surface area contributed by atoms with Crippen molar-refractivity contribution in [1.82, 2.24) is 0 Å². The normalized spacial score (nSPS) is 9.25. The number of azide groups is 1. The van der Waals surface area contributed by atoms with Crippen LogP contribution < -0.4 is 0 Å². The molecule has 3 nitrogen and oxygen atoms in total. The van der Waals surface area contributed by atoms with Crippen LogP contribution in [0, 0.1) is 5.82 Å². The van der Waals surface area contributed by atoms with Crippen molar-refractivity contribution in [3.05, 3.63) is 38.4 Å². The minimum atomic E-state index is -0.731. The second-order valence-corrected chi connectivity index (χ2v) is 2.75. The fourth-order valence-electron chi connectivity index (χ4n) is 0.675. The summed E-state index contributed by atoms with van der Waals surface area (Å²) in [5.74, 6) is -0.731. The summed E-state index contributed by atoms with van der Waals surface area (Å²) < 4.78 is 12.9. The van der Waals surface area contributed by atoms with Gasteiger partial charge >= 0.3 is 0 Å². The molecule has 0 fully saturated rings. The van der Waals surface area contributed by atoms with Crippen molar-refractivity contribution in [3.8, 4) is 0 Å². The lowest BCUT2D eigenvalue weighted by Gasteiger charge is -1.98. The van der Waals surface area contributed by atoms with Crippen molar-refractivity contribution in [2.75, 3.05) is 0 Å². The summed E-state index contributed by atoms with van der Waals surface area (Å²) in [4.78, 5) is 2.41. The SMILES string of the molecule is [N-]=[N+]=Nc1c(F)cc(Cl)cc1Cl. The maximum absolute atomic E-state index is 12.9. The Morgan fingerprint density at radius 1 is 1.42 bits per heavy atom. The maximum atomic E-state index is 12.9. The molecule has 1 aromatic rings. The number of hydrogen-bond donors (Lipinski definition) is 0. The van der Waals surface area contributed by atoms with Gasteiger partial charge < -0.3 is 0 Å². The van der Waals surface area contributed by atoms with Gasteiger partial charge in [-0.15, -0.1) is 0 Å². The lowest BCUT2D eigenvalue weighted by molar-refractivity contribution is 0.630. The van der Waals surface area contributed by atoms with Gasteiger partial charge in [-0.2, -0.15) is 0 Å². The number of hydrogen-bond acceptors (Lipinski definition) is 1. The van der Waals surface area contributed by atoms with Crippen LogP contribution in [0.4, 0.5) is 10.1 Å². The zero-order valence-corrected chi connectivity index (χ0v) is 7.14. The van der Waals surface area contributed by atoms with Crippen LogP contribution in [-0.4, -0.2) is 0 Å². The van der Waals surface area contributed by atoms with Gasteiger partial charge in [-0.1, -0.05) is 28.3 Å². The van der Waals surface area contributed by atoms with Crippen molar-refractivity contribution in [2.45, 2.75) is 0 Å². The highest BCUT2D eigenvalue weighted by Crippen LogP contribution is 2.31. The smallest absolute Gasteiger partial charge is 0.135 e. The van der Waals surface area contributed by atoms with E-state index in [1.807, 2.05) is 0 Å². The first kappa shape index (κ1) is 9.13. The molecule has 0 N–H and O–H groups in total. The summed E-state index contributed by atoms with van der Waals surface area (Å²) in [6, 6.07) is 2.33. The third-order valence-corrected chi connectivity index (χ3v) is 1.63. The molecule has 6 heteroatoms. The Kier molecular flexibility index (Phi) is 2.76. The van der Waals surface area contributed by atoms with Crippen LogP contribution in [0.5, 0.6) is 0 Å². The molecule has 0 amide bonds. The van der Waals surface area contributed by atoms with Gasteiger partial charge in [-0.25, -0.2) is 4.39 Å². The molecule has 1 rings (SSSR count). The second-order valence-electron chi connectivity index (χ2n) is 1.91. The topological polar surface area (TPSA) is 48.8 Å². The molecule has 0 aliphatic carbocycles. The lowest BCUT2D eigenvalue weighted by Crippen LogP contribution is -1.76. The Morgan fingerprint density at radius 2 is 2.08 bits per heavy atom. The summed E-state index contributed by atoms with van der Waals surface area (Å²) in [5, 5.41) is 3.22. The molecular weight excluding hydrogens is 204 g/mol. The van der Waals surface area contributed by atoms with Crippen LogP contribution in [0.1, 0.15) is 0 Å². The number of nitrogens with zero attached hydrogens (tertiary/aromatic N) is 3. The molecule has 0 atom stereocenters. The van der Waals surface area contributed by atoms with Gasteiger partial charge in [0.05, 0.1) is 10.7 Å². The van der Waals surface area contributed by atoms with E-state index in [9.17, 15) is 4.39 Å². The van der Waals surface area contributed by atoms with Crippen LogP contribution in [0.25, 0.3) is 10.4 Å². The number of rotatable bonds is 1. The number of benzene rings is 1. The predicted octanol–water partition coefficient (Wildman–Crippen LogP) is 4.07. The van der Waals surface area contributed by atoms with E-state index in [2.05, 4.69) is 10.0 Å². The molecule has 0 saturated heterocycles. The summed E-state index contributed by atoms with van der Waals surface area (Å²) in [6.45, 7) is 0. The molecule has 1 aromatic carbocycles. The Balaban J connectivity index is 3.37. The van der Waals surface area contributed by atoms with E-state index < -0.39 is 5.82 Å². The molecule has 0 aliphatic heterocycles. The van der Waals surface area contributed by atoms with E-state index in [1.165, 1.54) is 6.07 Å². The van der Waals surface area contributed by atoms with E-state index in [0.717, 1.165) is 6.07 Å². The highest BCUT2D eigenvalue weighted by Gasteiger charge is 2.06. The Morgan fingerprint density at radius 3 is 2.58 bits per heavy atom. The zero-order chi connectivity index (χ0) is 9.14. The molecule has 0 saturated carbocycles. The van der Waals surface area contributed by atoms with Gasteiger partial charge in [0.2, 0.25) is 0 Å². The molecule has 12 heavy (non-hydrogen) atoms. The third kappa shape index (κ3) is 1.80. The summed E-state index contributed by atoms with van der Waals surface area (Å²) in [6.07, 6.45) is 0. The Hall–Kier alpha value is -0.960. The zero-order valence-electron chi connectivity index (χ0n) is 5.63. The standard InChI is InChI=1S/C6H2Cl2FN3/c7-3-1-4(8)6(11-12-10)5(9)2-3/h1-2H. The first-order valence-corrected chi connectivity index (χ1v) is 3.60. The Labute approximate surface area is 77.3 Å². The minimum Gasteiger partial charge on any atom is -0.206 e. The quantitative estimate of drug-likeness (QED) is 0.377. The summed E-state index contributed by atoms with van der Waals surface area (Å²) in [7, 11) is 0. The largest absolute Gasteiger partial charge is 0.206 e. The summed E-state index contributed by atoms with van der Waals surface area (Å²) in [5.41, 5.74) is 7.81. The van der Waals surface area contributed by atoms with Gasteiger partial charge in [0.1, 0.15) is 5.82 Å². The molecular formula is C6H2Cl2FN3. The second kappa shape index (κ2) is 3.63. The average Bonchev–Trinajstić information content (AvgIpc) is 1.96. The molecule has 62 valence electrons. The minimum absolute atomic E-state index is 0.00204. The van der Waals surface area contributed by atoms with Crippen molar-refractivity contribution >= 4 is 28.9 Å². The van der Waals surface area contributed by atoms with Crippen molar-refractivity contribution in [3.63, 3.8) is 0 Å². The van der Waals surface area contributed by atoms with Gasteiger partial charge in [0.25, 0.3) is 0 Å². The Bertz CT molecular complexity index is 337. The lowest BCUT2D eigenvalue weighted by atomic mass is 10.3. The predicted molar refractivity (Wildman–Crippen MR) is 45.2 cm³/mol. The van der Waals surface area contributed by atoms with Crippen molar-refractivity contribution in [2.24, 2.45) is 5.11 Å². The van der Waals surface area contributed by atoms with E-state index in [0.29, 0.717) is 0 Å². The van der Waals surface area contributed by atoms with Crippen LogP contribution in [-0.2, 0) is 0 Å². The van der Waals surface area contributed by atoms with Crippen molar-refractivity contribution in [1.29, 1.82) is 0 Å². The van der Waals surface area contributed by atoms with Crippen LogP contribution in [0.3, 0.4) is 0 Å². The van der Waals surface area contributed by atoms with Gasteiger partial charge in [-0.05, 0) is 17.7 Å². The highest BCUT2D eigenvalue weighted by atomic mass is 35.5. The number of halogens is 3. The highest BCUT2D eigenvalue weighted by molar-refractivity contribution is 6.36. The molecule has 0 bridgehead atoms. The molecule has 0 unspecified atom stereocenters. The van der Waals surface area contributed by atoms with E-state index in [1.54, 1.807) is 0 Å². The monoisotopic (exact) mass is 205 g/mol. The van der Waals surface area contributed by atoms with Crippen molar-refractivity contribution < 1.29 is 4.39 Å². The molecule has 0 heterocycles. The van der Waals surface area contributed by atoms with Crippen LogP contribution in [0.15, 0.2) is 17.2 Å². The fourth-order valence-corrected chi connectivity index (χ4v) is 1.18. The summed E-state index contributed by atoms with van der Waals surface area (Å²) >= 11 is 11.0. The maximum Gasteiger partial charge on any atom is 0.135 e. The van der Waals surface area contributed by atoms with Gasteiger partial charge in [0.15, 0.2) is 0 Å². The third-order valence-electron chi connectivity index (χ3n) is 1.13. The van der Waals surface area contributed by atoms with Crippen LogP contribution in [0.2, 0.25) is 10.0 Å². The first-order valence-electron chi connectivity index (χ1n) is 2.85. The van der Waals surface area contributed by atoms with Gasteiger partial charge in [-0.3, -0.25) is 0 Å². The molecule has 0 aliphatic rings. The van der Waals surface area contributed by atoms with E-state index in [-0.39, 0.29) is 15.7 Å². The first-order chi connectivity index (χ1) is 5.65. The van der Waals surface area contributed by atoms with Gasteiger partial charge in [0, 0.05) is 9.93 Å². The molecule has 0 radical (unpaired) electrons. The molecule has 0 spiro atoms. The van der Waals surface area contributed by atoms with Crippen LogP contribution >= 0.6 is 23.2 Å². The average molecular weight is 206 g/mol. The van der Waals surface area contributed by atoms with E-state index >= 15 is 0 Å². The fraction of sp³-hybridized carbons (Fsp3) is 0. The molecule has 0 aromatic heterocycles.